The number of carbonyl (C=O) groups excluding carboxylic acids is 1. The third-order valence-electron chi connectivity index (χ3n) is 7.09. The van der Waals surface area contributed by atoms with Gasteiger partial charge in [-0.3, -0.25) is 4.79 Å². The molecule has 2 N–H and O–H groups in total. The van der Waals surface area contributed by atoms with Crippen molar-refractivity contribution in [2.45, 2.75) is 45.3 Å². The molecule has 0 bridgehead atoms. The van der Waals surface area contributed by atoms with E-state index in [0.29, 0.717) is 33.8 Å². The van der Waals surface area contributed by atoms with Gasteiger partial charge in [-0.1, -0.05) is 24.6 Å². The van der Waals surface area contributed by atoms with Crippen LogP contribution >= 0.6 is 22.9 Å². The highest BCUT2D eigenvalue weighted by atomic mass is 35.5. The third kappa shape index (κ3) is 4.50. The molecule has 0 radical (unpaired) electrons. The molecule has 0 spiro atoms. The number of hydrogen-bond acceptors (Lipinski definition) is 7. The highest BCUT2D eigenvalue weighted by Crippen LogP contribution is 2.39. The lowest BCUT2D eigenvalue weighted by Gasteiger charge is -2.26. The molecule has 178 valence electrons. The average molecular weight is 498 g/mol. The number of ether oxygens (including phenoxy) is 1. The number of hydrogen-bond donors (Lipinski definition) is 2. The van der Waals surface area contributed by atoms with Crippen molar-refractivity contribution < 1.29 is 14.6 Å². The second-order valence-corrected chi connectivity index (χ2v) is 11.0. The normalized spacial score (nSPS) is 24.1. The summed E-state index contributed by atoms with van der Waals surface area (Å²) in [6.45, 7) is 4.99. The molecule has 4 atom stereocenters. The van der Waals surface area contributed by atoms with Gasteiger partial charge < -0.3 is 15.2 Å². The number of anilines is 1. The molecule has 3 heterocycles. The maximum atomic E-state index is 13.6. The molecule has 2 aliphatic rings. The average Bonchev–Trinajstić information content (AvgIpc) is 3.40. The zero-order valence-corrected chi connectivity index (χ0v) is 20.8. The van der Waals surface area contributed by atoms with Crippen molar-refractivity contribution >= 4 is 34.5 Å². The fraction of sp³-hybridized carbons (Fsp3) is 0.423. The summed E-state index contributed by atoms with van der Waals surface area (Å²) in [6.07, 6.45) is 5.46. The second-order valence-electron chi connectivity index (χ2n) is 9.31. The first-order chi connectivity index (χ1) is 16.4. The van der Waals surface area contributed by atoms with E-state index in [2.05, 4.69) is 28.3 Å². The van der Waals surface area contributed by atoms with Crippen LogP contribution in [-0.4, -0.2) is 40.1 Å². The van der Waals surface area contributed by atoms with Crippen molar-refractivity contribution in [3.05, 3.63) is 73.8 Å². The van der Waals surface area contributed by atoms with Gasteiger partial charge in [0.1, 0.15) is 18.2 Å². The first kappa shape index (κ1) is 23.4. The fourth-order valence-corrected chi connectivity index (χ4v) is 6.37. The van der Waals surface area contributed by atoms with Gasteiger partial charge in [0.05, 0.1) is 17.0 Å². The SMILES string of the molecule is Cc1sc(C(=O)c2cncnc2N[C@@H]2C[C@H](CO)[C@@H](C)C2)cc1[C@@H]1OCCc2ccc(Cl)cc21. The van der Waals surface area contributed by atoms with E-state index < -0.39 is 0 Å². The minimum absolute atomic E-state index is 0.102. The number of nitrogens with one attached hydrogen (secondary N) is 1. The van der Waals surface area contributed by atoms with E-state index >= 15 is 0 Å². The minimum atomic E-state index is -0.236. The molecule has 0 unspecified atom stereocenters. The first-order valence-electron chi connectivity index (χ1n) is 11.7. The molecule has 2 aromatic heterocycles. The number of aliphatic hydroxyl groups is 1. The van der Waals surface area contributed by atoms with Crippen molar-refractivity contribution in [1.29, 1.82) is 0 Å². The maximum Gasteiger partial charge on any atom is 0.208 e. The maximum absolute atomic E-state index is 13.6. The van der Waals surface area contributed by atoms with Crippen LogP contribution in [0.25, 0.3) is 0 Å². The predicted molar refractivity (Wildman–Crippen MR) is 134 cm³/mol. The van der Waals surface area contributed by atoms with Gasteiger partial charge in [-0.15, -0.1) is 11.3 Å². The zero-order chi connectivity index (χ0) is 23.8. The molecular weight excluding hydrogens is 470 g/mol. The number of nitrogens with zero attached hydrogens (tertiary/aromatic N) is 2. The lowest BCUT2D eigenvalue weighted by molar-refractivity contribution is 0.0697. The number of rotatable bonds is 6. The van der Waals surface area contributed by atoms with Gasteiger partial charge >= 0.3 is 0 Å². The topological polar surface area (TPSA) is 84.3 Å². The quantitative estimate of drug-likeness (QED) is 0.455. The number of halogens is 1. The van der Waals surface area contributed by atoms with Crippen molar-refractivity contribution in [3.63, 3.8) is 0 Å². The number of carbonyl (C=O) groups is 1. The van der Waals surface area contributed by atoms with Crippen molar-refractivity contribution in [2.75, 3.05) is 18.5 Å². The van der Waals surface area contributed by atoms with Crippen LogP contribution in [0.15, 0.2) is 36.8 Å². The standard InChI is InChI=1S/C26H28ClN3O3S/c1-14-7-19(8-17(14)12-31)30-26-22(11-28-13-29-26)24(32)23-10-20(15(2)34-23)25-21-9-18(27)4-3-16(21)5-6-33-25/h3-4,9-11,13-14,17,19,25,31H,5-8,12H2,1-2H3,(H,28,29,30)/t14-,17+,19-,25-/m0/s1. The molecule has 0 amide bonds. The summed E-state index contributed by atoms with van der Waals surface area (Å²) in [4.78, 5) is 23.7. The van der Waals surface area contributed by atoms with Crippen LogP contribution in [0.5, 0.6) is 0 Å². The Balaban J connectivity index is 1.42. The summed E-state index contributed by atoms with van der Waals surface area (Å²) in [5.41, 5.74) is 3.76. The molecule has 3 aromatic rings. The van der Waals surface area contributed by atoms with E-state index in [-0.39, 0.29) is 30.5 Å². The number of aromatic nitrogens is 2. The van der Waals surface area contributed by atoms with Crippen LogP contribution < -0.4 is 5.32 Å². The smallest absolute Gasteiger partial charge is 0.208 e. The molecule has 1 aliphatic carbocycles. The van der Waals surface area contributed by atoms with Crippen LogP contribution in [-0.2, 0) is 11.2 Å². The molecule has 5 rings (SSSR count). The van der Waals surface area contributed by atoms with Crippen LogP contribution in [0.3, 0.4) is 0 Å². The Labute approximate surface area is 208 Å². The first-order valence-corrected chi connectivity index (χ1v) is 12.9. The number of thiophene rings is 1. The van der Waals surface area contributed by atoms with Gasteiger partial charge in [0, 0.05) is 28.7 Å². The number of ketones is 1. The van der Waals surface area contributed by atoms with Crippen LogP contribution in [0.2, 0.25) is 5.02 Å². The molecule has 1 saturated carbocycles. The lowest BCUT2D eigenvalue weighted by atomic mass is 9.93. The molecule has 0 saturated heterocycles. The summed E-state index contributed by atoms with van der Waals surface area (Å²) in [6, 6.07) is 8.06. The van der Waals surface area contributed by atoms with E-state index in [4.69, 9.17) is 16.3 Å². The predicted octanol–water partition coefficient (Wildman–Crippen LogP) is 5.21. The molecule has 1 aliphatic heterocycles. The van der Waals surface area contributed by atoms with Gasteiger partial charge in [0.25, 0.3) is 0 Å². The Kier molecular flexibility index (Phi) is 6.71. The van der Waals surface area contributed by atoms with Crippen LogP contribution in [0, 0.1) is 18.8 Å². The number of aliphatic hydroxyl groups excluding tert-OH is 1. The number of aryl methyl sites for hydroxylation is 1. The highest BCUT2D eigenvalue weighted by molar-refractivity contribution is 7.14. The summed E-state index contributed by atoms with van der Waals surface area (Å²) in [7, 11) is 0. The van der Waals surface area contributed by atoms with Gasteiger partial charge in [-0.05, 0) is 72.9 Å². The van der Waals surface area contributed by atoms with Gasteiger partial charge in [0.15, 0.2) is 0 Å². The van der Waals surface area contributed by atoms with E-state index in [1.807, 2.05) is 25.1 Å². The Morgan fingerprint density at radius 1 is 1.29 bits per heavy atom. The third-order valence-corrected chi connectivity index (χ3v) is 8.39. The molecular formula is C26H28ClN3O3S. The largest absolute Gasteiger partial charge is 0.396 e. The van der Waals surface area contributed by atoms with E-state index in [1.165, 1.54) is 23.2 Å². The van der Waals surface area contributed by atoms with Crippen LogP contribution in [0.4, 0.5) is 5.82 Å². The Bertz CT molecular complexity index is 1210. The Morgan fingerprint density at radius 3 is 2.94 bits per heavy atom. The number of benzene rings is 1. The van der Waals surface area contributed by atoms with E-state index in [9.17, 15) is 9.90 Å². The van der Waals surface area contributed by atoms with Crippen molar-refractivity contribution in [3.8, 4) is 0 Å². The van der Waals surface area contributed by atoms with Gasteiger partial charge in [-0.25, -0.2) is 9.97 Å². The molecule has 1 aromatic carbocycles. The highest BCUT2D eigenvalue weighted by Gasteiger charge is 2.32. The summed E-state index contributed by atoms with van der Waals surface area (Å²) in [5, 5.41) is 13.7. The monoisotopic (exact) mass is 497 g/mol. The molecule has 1 fully saturated rings. The van der Waals surface area contributed by atoms with Crippen molar-refractivity contribution in [1.82, 2.24) is 9.97 Å². The molecule has 34 heavy (non-hydrogen) atoms. The number of fused-ring (bicyclic) bond motifs is 1. The lowest BCUT2D eigenvalue weighted by Crippen LogP contribution is -2.20. The summed E-state index contributed by atoms with van der Waals surface area (Å²) in [5.74, 6) is 1.15. The van der Waals surface area contributed by atoms with Gasteiger partial charge in [0.2, 0.25) is 5.78 Å². The van der Waals surface area contributed by atoms with Crippen LogP contribution in [0.1, 0.15) is 62.7 Å². The Hall–Kier alpha value is -2.32. The van der Waals surface area contributed by atoms with E-state index in [0.717, 1.165) is 35.3 Å². The summed E-state index contributed by atoms with van der Waals surface area (Å²) >= 11 is 7.74. The summed E-state index contributed by atoms with van der Waals surface area (Å²) < 4.78 is 6.15. The Morgan fingerprint density at radius 2 is 2.15 bits per heavy atom. The van der Waals surface area contributed by atoms with Crippen molar-refractivity contribution in [2.24, 2.45) is 11.8 Å². The molecule has 6 nitrogen and oxygen atoms in total. The molecule has 8 heteroatoms. The zero-order valence-electron chi connectivity index (χ0n) is 19.3. The van der Waals surface area contributed by atoms with E-state index in [1.54, 1.807) is 6.20 Å². The minimum Gasteiger partial charge on any atom is -0.396 e. The second kappa shape index (κ2) is 9.74. The fourth-order valence-electron chi connectivity index (χ4n) is 5.18. The van der Waals surface area contributed by atoms with Gasteiger partial charge in [-0.2, -0.15) is 0 Å².